The molecule has 0 bridgehead atoms. The molecule has 5 nitrogen and oxygen atoms in total. The lowest BCUT2D eigenvalue weighted by atomic mass is 9.96. The summed E-state index contributed by atoms with van der Waals surface area (Å²) in [5, 5.41) is 12.2. The molecule has 0 fully saturated rings. The van der Waals surface area contributed by atoms with Gasteiger partial charge in [0.1, 0.15) is 11.6 Å². The minimum atomic E-state index is -0.779. The van der Waals surface area contributed by atoms with Crippen LogP contribution in [-0.4, -0.2) is 27.6 Å². The fourth-order valence-electron chi connectivity index (χ4n) is 1.70. The number of anilines is 1. The van der Waals surface area contributed by atoms with Crippen molar-refractivity contribution in [2.75, 3.05) is 11.9 Å². The zero-order valence-electron chi connectivity index (χ0n) is 11.4. The zero-order valence-corrected chi connectivity index (χ0v) is 11.4. The van der Waals surface area contributed by atoms with Crippen molar-refractivity contribution in [3.8, 4) is 0 Å². The molecule has 1 atom stereocenters. The SMILES string of the molecule is CCc1nc(C)cc(NCC(C(=O)O)C(C)C)n1. The highest BCUT2D eigenvalue weighted by Gasteiger charge is 2.21. The zero-order chi connectivity index (χ0) is 13.7. The van der Waals surface area contributed by atoms with Crippen molar-refractivity contribution in [3.63, 3.8) is 0 Å². The fraction of sp³-hybridized carbons (Fsp3) is 0.615. The van der Waals surface area contributed by atoms with Crippen LogP contribution in [0.25, 0.3) is 0 Å². The number of aryl methyl sites for hydroxylation is 2. The second-order valence-corrected chi connectivity index (χ2v) is 4.73. The molecule has 100 valence electrons. The van der Waals surface area contributed by atoms with Gasteiger partial charge < -0.3 is 10.4 Å². The standard InChI is InChI=1S/C13H21N3O2/c1-5-11-15-9(4)6-12(16-11)14-7-10(8(2)3)13(17)18/h6,8,10H,5,7H2,1-4H3,(H,17,18)(H,14,15,16). The largest absolute Gasteiger partial charge is 0.481 e. The van der Waals surface area contributed by atoms with Crippen LogP contribution in [0.4, 0.5) is 5.82 Å². The molecule has 0 spiro atoms. The van der Waals surface area contributed by atoms with Crippen molar-refractivity contribution in [2.24, 2.45) is 11.8 Å². The average Bonchev–Trinajstić information content (AvgIpc) is 2.27. The summed E-state index contributed by atoms with van der Waals surface area (Å²) in [6.07, 6.45) is 0.767. The molecular weight excluding hydrogens is 230 g/mol. The molecule has 18 heavy (non-hydrogen) atoms. The summed E-state index contributed by atoms with van der Waals surface area (Å²) >= 11 is 0. The summed E-state index contributed by atoms with van der Waals surface area (Å²) in [6, 6.07) is 1.83. The van der Waals surface area contributed by atoms with Gasteiger partial charge in [-0.2, -0.15) is 0 Å². The molecule has 0 aromatic carbocycles. The van der Waals surface area contributed by atoms with Gasteiger partial charge in [-0.1, -0.05) is 20.8 Å². The molecule has 0 aliphatic carbocycles. The summed E-state index contributed by atoms with van der Waals surface area (Å²) in [7, 11) is 0. The Labute approximate surface area is 108 Å². The molecule has 0 saturated carbocycles. The minimum absolute atomic E-state index is 0.0866. The maximum atomic E-state index is 11.1. The quantitative estimate of drug-likeness (QED) is 0.810. The predicted octanol–water partition coefficient (Wildman–Crippen LogP) is 2.12. The van der Waals surface area contributed by atoms with E-state index in [1.165, 1.54) is 0 Å². The molecular formula is C13H21N3O2. The van der Waals surface area contributed by atoms with Crippen LogP contribution >= 0.6 is 0 Å². The molecule has 1 heterocycles. The van der Waals surface area contributed by atoms with Gasteiger partial charge in [-0.05, 0) is 12.8 Å². The lowest BCUT2D eigenvalue weighted by Crippen LogP contribution is -2.27. The van der Waals surface area contributed by atoms with Crippen LogP contribution in [-0.2, 0) is 11.2 Å². The van der Waals surface area contributed by atoms with E-state index in [1.54, 1.807) is 0 Å². The number of hydrogen-bond donors (Lipinski definition) is 2. The molecule has 0 aliphatic rings. The van der Waals surface area contributed by atoms with E-state index in [1.807, 2.05) is 33.8 Å². The fourth-order valence-corrected chi connectivity index (χ4v) is 1.70. The first-order chi connectivity index (χ1) is 8.43. The van der Waals surface area contributed by atoms with Gasteiger partial charge in [0.25, 0.3) is 0 Å². The number of hydrogen-bond acceptors (Lipinski definition) is 4. The summed E-state index contributed by atoms with van der Waals surface area (Å²) in [4.78, 5) is 19.7. The highest BCUT2D eigenvalue weighted by molar-refractivity contribution is 5.71. The number of nitrogens with zero attached hydrogens (tertiary/aromatic N) is 2. The van der Waals surface area contributed by atoms with Crippen molar-refractivity contribution < 1.29 is 9.90 Å². The first kappa shape index (κ1) is 14.4. The summed E-state index contributed by atoms with van der Waals surface area (Å²) in [5.74, 6) is 0.369. The number of aliphatic carboxylic acids is 1. The lowest BCUT2D eigenvalue weighted by Gasteiger charge is -2.17. The van der Waals surface area contributed by atoms with Gasteiger partial charge in [0.2, 0.25) is 0 Å². The van der Waals surface area contributed by atoms with Crippen molar-refractivity contribution in [3.05, 3.63) is 17.6 Å². The second kappa shape index (κ2) is 6.33. The Bertz CT molecular complexity index is 419. The summed E-state index contributed by atoms with van der Waals surface area (Å²) in [6.45, 7) is 8.09. The highest BCUT2D eigenvalue weighted by atomic mass is 16.4. The van der Waals surface area contributed by atoms with Crippen LogP contribution in [0, 0.1) is 18.8 Å². The van der Waals surface area contributed by atoms with Crippen LogP contribution in [0.1, 0.15) is 32.3 Å². The number of nitrogens with one attached hydrogen (secondary N) is 1. The van der Waals surface area contributed by atoms with Crippen molar-refractivity contribution >= 4 is 11.8 Å². The van der Waals surface area contributed by atoms with Gasteiger partial charge in [0.05, 0.1) is 5.92 Å². The normalized spacial score (nSPS) is 12.5. The number of carboxylic acids is 1. The van der Waals surface area contributed by atoms with Crippen molar-refractivity contribution in [1.82, 2.24) is 9.97 Å². The number of carboxylic acid groups (broad SMARTS) is 1. The molecule has 1 unspecified atom stereocenters. The summed E-state index contributed by atoms with van der Waals surface area (Å²) in [5.41, 5.74) is 0.890. The average molecular weight is 251 g/mol. The second-order valence-electron chi connectivity index (χ2n) is 4.73. The minimum Gasteiger partial charge on any atom is -0.481 e. The Morgan fingerprint density at radius 3 is 2.61 bits per heavy atom. The monoisotopic (exact) mass is 251 g/mol. The van der Waals surface area contributed by atoms with Crippen LogP contribution in [0.3, 0.4) is 0 Å². The third-order valence-corrected chi connectivity index (χ3v) is 2.84. The van der Waals surface area contributed by atoms with Crippen LogP contribution in [0.2, 0.25) is 0 Å². The predicted molar refractivity (Wildman–Crippen MR) is 70.6 cm³/mol. The Kier molecular flexibility index (Phi) is 5.07. The Balaban J connectivity index is 2.73. The van der Waals surface area contributed by atoms with Crippen molar-refractivity contribution in [1.29, 1.82) is 0 Å². The van der Waals surface area contributed by atoms with Gasteiger partial charge in [0.15, 0.2) is 0 Å². The Morgan fingerprint density at radius 2 is 2.11 bits per heavy atom. The van der Waals surface area contributed by atoms with Gasteiger partial charge in [0, 0.05) is 24.7 Å². The highest BCUT2D eigenvalue weighted by Crippen LogP contribution is 2.13. The maximum absolute atomic E-state index is 11.1. The molecule has 1 aromatic rings. The molecule has 0 saturated heterocycles. The third kappa shape index (κ3) is 3.98. The molecule has 2 N–H and O–H groups in total. The Hall–Kier alpha value is -1.65. The summed E-state index contributed by atoms with van der Waals surface area (Å²) < 4.78 is 0. The van der Waals surface area contributed by atoms with Crippen LogP contribution in [0.15, 0.2) is 6.07 Å². The first-order valence-electron chi connectivity index (χ1n) is 6.25. The topological polar surface area (TPSA) is 75.1 Å². The van der Waals surface area contributed by atoms with E-state index >= 15 is 0 Å². The molecule has 5 heteroatoms. The van der Waals surface area contributed by atoms with E-state index in [0.29, 0.717) is 12.4 Å². The third-order valence-electron chi connectivity index (χ3n) is 2.84. The molecule has 0 aliphatic heterocycles. The molecule has 1 rings (SSSR count). The molecule has 0 radical (unpaired) electrons. The van der Waals surface area contributed by atoms with E-state index in [0.717, 1.165) is 17.9 Å². The van der Waals surface area contributed by atoms with E-state index in [9.17, 15) is 4.79 Å². The van der Waals surface area contributed by atoms with Gasteiger partial charge >= 0.3 is 5.97 Å². The smallest absolute Gasteiger partial charge is 0.308 e. The van der Waals surface area contributed by atoms with Crippen LogP contribution in [0.5, 0.6) is 0 Å². The number of aromatic nitrogens is 2. The number of rotatable bonds is 6. The lowest BCUT2D eigenvalue weighted by molar-refractivity contribution is -0.142. The van der Waals surface area contributed by atoms with E-state index in [4.69, 9.17) is 5.11 Å². The Morgan fingerprint density at radius 1 is 1.44 bits per heavy atom. The van der Waals surface area contributed by atoms with Gasteiger partial charge in [-0.25, -0.2) is 9.97 Å². The van der Waals surface area contributed by atoms with E-state index in [-0.39, 0.29) is 5.92 Å². The van der Waals surface area contributed by atoms with E-state index in [2.05, 4.69) is 15.3 Å². The maximum Gasteiger partial charge on any atom is 0.308 e. The van der Waals surface area contributed by atoms with Crippen molar-refractivity contribution in [2.45, 2.75) is 34.1 Å². The van der Waals surface area contributed by atoms with Gasteiger partial charge in [-0.15, -0.1) is 0 Å². The molecule has 0 amide bonds. The first-order valence-corrected chi connectivity index (χ1v) is 6.25. The number of carbonyl (C=O) groups is 1. The van der Waals surface area contributed by atoms with Gasteiger partial charge in [-0.3, -0.25) is 4.79 Å². The van der Waals surface area contributed by atoms with E-state index < -0.39 is 11.9 Å². The van der Waals surface area contributed by atoms with Crippen LogP contribution < -0.4 is 5.32 Å². The molecule has 1 aromatic heterocycles.